The zero-order valence-corrected chi connectivity index (χ0v) is 42.5. The number of benzene rings is 2. The lowest BCUT2D eigenvalue weighted by Crippen LogP contribution is -2.32. The smallest absolute Gasteiger partial charge is 0.157 e. The van der Waals surface area contributed by atoms with Crippen molar-refractivity contribution in [3.63, 3.8) is 0 Å². The topological polar surface area (TPSA) is 69.5 Å². The molecule has 0 aliphatic carbocycles. The van der Waals surface area contributed by atoms with E-state index in [9.17, 15) is 4.79 Å². The summed E-state index contributed by atoms with van der Waals surface area (Å²) in [5.41, 5.74) is 5.68. The molecule has 348 valence electrons. The van der Waals surface area contributed by atoms with Gasteiger partial charge in [-0.25, -0.2) is 14.4 Å². The molecule has 8 heteroatoms. The van der Waals surface area contributed by atoms with Gasteiger partial charge in [-0.15, -0.1) is 0 Å². The molecule has 2 aromatic rings. The summed E-state index contributed by atoms with van der Waals surface area (Å²) in [6, 6.07) is 8.01. The number of nitrogens with zero attached hydrogens (tertiary/aromatic N) is 4. The zero-order chi connectivity index (χ0) is 47.6. The Hall–Kier alpha value is -4.72. The predicted molar refractivity (Wildman–Crippen MR) is 273 cm³/mol. The molecule has 1 unspecified atom stereocenters. The summed E-state index contributed by atoms with van der Waals surface area (Å²) in [7, 11) is 0. The predicted octanol–water partition coefficient (Wildman–Crippen LogP) is 16.2. The standard InChI is InChI=1S/C40H56FN5O.C6H10O.C4H10.2C2H6/c1-10-15-17-22-42-40(37-31(8)25-32(9)39(38(37)41)45(23-18-16-11-2)28-29(6)12-3)44-33-19-20-36(30(7)26-33)47-35-21-24-46(43-14-5)34(13-4)27-35;1-3-4-5-6(2)7;1-4(2)3;2*1-2/h13-14,17,19-22,24-27,29H,10-12,15-16,18,23,28H2,1-9H3,(H,42,44);4-5H,3H2,1-2H3;4H,1-3H3;2*1-2H3/b22-17+,34-13+,43-14-;5-4+;;;. The number of unbranched alkanes of at least 4 members (excludes halogenated alkanes) is 3. The van der Waals surface area contributed by atoms with Crippen LogP contribution in [0.1, 0.15) is 171 Å². The van der Waals surface area contributed by atoms with Crippen LogP contribution in [-0.4, -0.2) is 35.9 Å². The van der Waals surface area contributed by atoms with E-state index in [0.717, 1.165) is 104 Å². The number of allylic oxidation sites excluding steroid dienone is 6. The van der Waals surface area contributed by atoms with Gasteiger partial charge in [0.15, 0.2) is 11.6 Å². The first-order chi connectivity index (χ1) is 29.7. The molecule has 0 fully saturated rings. The van der Waals surface area contributed by atoms with Crippen LogP contribution in [0.15, 0.2) is 94.7 Å². The van der Waals surface area contributed by atoms with Crippen LogP contribution in [0.4, 0.5) is 15.8 Å². The summed E-state index contributed by atoms with van der Waals surface area (Å²) in [5, 5.41) is 9.63. The number of carbonyl (C=O) groups excluding carboxylic acids is 1. The maximum Gasteiger partial charge on any atom is 0.157 e. The van der Waals surface area contributed by atoms with E-state index >= 15 is 4.39 Å². The van der Waals surface area contributed by atoms with Crippen molar-refractivity contribution in [3.8, 4) is 5.75 Å². The number of ether oxygens (including phenoxy) is 1. The van der Waals surface area contributed by atoms with Crippen molar-refractivity contribution < 1.29 is 13.9 Å². The van der Waals surface area contributed by atoms with Crippen LogP contribution in [-0.2, 0) is 4.79 Å². The second-order valence-electron chi connectivity index (χ2n) is 15.5. The Morgan fingerprint density at radius 1 is 0.919 bits per heavy atom. The van der Waals surface area contributed by atoms with Crippen LogP contribution in [0, 0.1) is 38.4 Å². The van der Waals surface area contributed by atoms with Gasteiger partial charge in [-0.2, -0.15) is 5.10 Å². The molecule has 0 amide bonds. The monoisotopic (exact) mass is 858 g/mol. The lowest BCUT2D eigenvalue weighted by atomic mass is 9.99. The molecule has 0 bridgehead atoms. The summed E-state index contributed by atoms with van der Waals surface area (Å²) in [6.07, 6.45) is 23.9. The van der Waals surface area contributed by atoms with Gasteiger partial charge in [0, 0.05) is 43.5 Å². The van der Waals surface area contributed by atoms with Gasteiger partial charge in [0.2, 0.25) is 0 Å². The molecule has 1 N–H and O–H groups in total. The molecule has 0 aromatic heterocycles. The first-order valence-electron chi connectivity index (χ1n) is 23.5. The number of amidine groups is 1. The molecule has 1 heterocycles. The van der Waals surface area contributed by atoms with Crippen molar-refractivity contribution in [2.45, 2.75) is 170 Å². The molecule has 1 aliphatic heterocycles. The number of anilines is 2. The highest BCUT2D eigenvalue weighted by Gasteiger charge is 2.24. The number of hydrogen-bond donors (Lipinski definition) is 1. The number of hydrazone groups is 1. The number of carbonyl (C=O) groups is 1. The molecule has 0 saturated heterocycles. The zero-order valence-electron chi connectivity index (χ0n) is 42.5. The highest BCUT2D eigenvalue weighted by Crippen LogP contribution is 2.33. The molecule has 0 saturated carbocycles. The molecule has 0 spiro atoms. The summed E-state index contributed by atoms with van der Waals surface area (Å²) >= 11 is 0. The lowest BCUT2D eigenvalue weighted by molar-refractivity contribution is -0.112. The van der Waals surface area contributed by atoms with Crippen LogP contribution < -0.4 is 15.0 Å². The van der Waals surface area contributed by atoms with Crippen LogP contribution in [0.5, 0.6) is 5.75 Å². The molecular formula is C54H88FN5O2. The van der Waals surface area contributed by atoms with E-state index in [1.165, 1.54) is 0 Å². The normalized spacial score (nSPS) is 13.4. The van der Waals surface area contributed by atoms with E-state index in [1.807, 2.05) is 124 Å². The second kappa shape index (κ2) is 35.8. The Kier molecular flexibility index (Phi) is 34.3. The fraction of sp³-hybridized carbons (Fsp3) is 0.537. The minimum atomic E-state index is -0.216. The third-order valence-corrected chi connectivity index (χ3v) is 8.93. The first kappa shape index (κ1) is 59.4. The fourth-order valence-electron chi connectivity index (χ4n) is 5.88. The maximum absolute atomic E-state index is 16.9. The van der Waals surface area contributed by atoms with Crippen LogP contribution >= 0.6 is 0 Å². The van der Waals surface area contributed by atoms with Crippen molar-refractivity contribution >= 4 is 29.2 Å². The van der Waals surface area contributed by atoms with E-state index in [1.54, 1.807) is 30.4 Å². The van der Waals surface area contributed by atoms with Gasteiger partial charge in [-0.05, 0) is 120 Å². The molecule has 7 nitrogen and oxygen atoms in total. The van der Waals surface area contributed by atoms with E-state index in [4.69, 9.17) is 9.73 Å². The Bertz CT molecular complexity index is 1760. The highest BCUT2D eigenvalue weighted by atomic mass is 19.1. The summed E-state index contributed by atoms with van der Waals surface area (Å²) in [4.78, 5) is 17.2. The SMILES string of the molecule is C/C=N\N1C=CC(Oc2ccc(NC(=N/C=C/CCC)c3c(C)cc(C)c(N(CCCCC)CC(C)CC)c3F)cc2C)=C/C1=C\C.CC.CC.CC(C)C.CC/C=C/C(C)=O. The van der Waals surface area contributed by atoms with Crippen molar-refractivity contribution in [1.29, 1.82) is 0 Å². The average molecular weight is 858 g/mol. The number of nitrogens with one attached hydrogen (secondary N) is 1. The molecule has 3 rings (SSSR count). The van der Waals surface area contributed by atoms with E-state index in [0.29, 0.717) is 23.0 Å². The fourth-order valence-corrected chi connectivity index (χ4v) is 5.88. The van der Waals surface area contributed by atoms with Crippen LogP contribution in [0.25, 0.3) is 0 Å². The highest BCUT2D eigenvalue weighted by molar-refractivity contribution is 6.10. The Morgan fingerprint density at radius 3 is 2.10 bits per heavy atom. The average Bonchev–Trinajstić information content (AvgIpc) is 3.24. The van der Waals surface area contributed by atoms with Gasteiger partial charge < -0.3 is 15.0 Å². The summed E-state index contributed by atoms with van der Waals surface area (Å²) in [5.74, 6) is 3.15. The molecular weight excluding hydrogens is 770 g/mol. The number of halogens is 1. The van der Waals surface area contributed by atoms with Gasteiger partial charge in [-0.3, -0.25) is 4.79 Å². The number of ketones is 1. The van der Waals surface area contributed by atoms with Gasteiger partial charge >= 0.3 is 0 Å². The Morgan fingerprint density at radius 2 is 1.58 bits per heavy atom. The third-order valence-electron chi connectivity index (χ3n) is 8.93. The van der Waals surface area contributed by atoms with Gasteiger partial charge in [0.25, 0.3) is 0 Å². The Labute approximate surface area is 380 Å². The molecule has 1 atom stereocenters. The maximum atomic E-state index is 16.9. The second-order valence-corrected chi connectivity index (χ2v) is 15.5. The van der Waals surface area contributed by atoms with Crippen molar-refractivity contribution in [1.82, 2.24) is 5.01 Å². The van der Waals surface area contributed by atoms with Gasteiger partial charge in [-0.1, -0.05) is 133 Å². The summed E-state index contributed by atoms with van der Waals surface area (Å²) < 4.78 is 23.2. The quantitative estimate of drug-likeness (QED) is 0.0700. The number of aryl methyl sites for hydroxylation is 3. The van der Waals surface area contributed by atoms with Crippen molar-refractivity contribution in [3.05, 3.63) is 113 Å². The van der Waals surface area contributed by atoms with E-state index < -0.39 is 0 Å². The van der Waals surface area contributed by atoms with Crippen LogP contribution in [0.2, 0.25) is 0 Å². The minimum Gasteiger partial charge on any atom is -0.457 e. The summed E-state index contributed by atoms with van der Waals surface area (Å²) in [6.45, 7) is 38.3. The third kappa shape index (κ3) is 23.5. The van der Waals surface area contributed by atoms with E-state index in [2.05, 4.69) is 69.9 Å². The van der Waals surface area contributed by atoms with Crippen molar-refractivity contribution in [2.24, 2.45) is 21.9 Å². The Balaban J connectivity index is 0. The number of rotatable bonds is 18. The van der Waals surface area contributed by atoms with Crippen molar-refractivity contribution in [2.75, 3.05) is 23.3 Å². The lowest BCUT2D eigenvalue weighted by Gasteiger charge is -2.31. The minimum absolute atomic E-state index is 0.127. The molecule has 1 aliphatic rings. The number of aliphatic imine (C=N–C) groups is 1. The molecule has 2 aromatic carbocycles. The van der Waals surface area contributed by atoms with E-state index in [-0.39, 0.29) is 11.6 Å². The van der Waals surface area contributed by atoms with Gasteiger partial charge in [0.05, 0.1) is 16.9 Å². The number of hydrogen-bond acceptors (Lipinski definition) is 6. The molecule has 62 heavy (non-hydrogen) atoms. The first-order valence-corrected chi connectivity index (χ1v) is 23.5. The van der Waals surface area contributed by atoms with Crippen LogP contribution in [0.3, 0.4) is 0 Å². The van der Waals surface area contributed by atoms with Gasteiger partial charge in [0.1, 0.15) is 17.3 Å². The molecule has 0 radical (unpaired) electrons. The largest absolute Gasteiger partial charge is 0.457 e.